The lowest BCUT2D eigenvalue weighted by Crippen LogP contribution is -2.36. The van der Waals surface area contributed by atoms with Gasteiger partial charge in [0.15, 0.2) is 0 Å². The Labute approximate surface area is 154 Å². The molecule has 1 unspecified atom stereocenters. The van der Waals surface area contributed by atoms with Crippen LogP contribution in [-0.4, -0.2) is 24.5 Å². The monoisotopic (exact) mass is 357 g/mol. The molecule has 0 bridgehead atoms. The van der Waals surface area contributed by atoms with E-state index in [1.165, 1.54) is 18.4 Å². The molecule has 0 radical (unpaired) electrons. The third-order valence-electron chi connectivity index (χ3n) is 4.37. The number of nitrogens with zero attached hydrogens (tertiary/aromatic N) is 1. The highest BCUT2D eigenvalue weighted by Crippen LogP contribution is 2.21. The van der Waals surface area contributed by atoms with Gasteiger partial charge < -0.3 is 0 Å². The van der Waals surface area contributed by atoms with E-state index in [9.17, 15) is 0 Å². The average molecular weight is 358 g/mol. The molecule has 0 spiro atoms. The second-order valence-corrected chi connectivity index (χ2v) is 7.27. The zero-order valence-corrected chi connectivity index (χ0v) is 15.2. The first-order chi connectivity index (χ1) is 11.7. The topological polar surface area (TPSA) is 3.24 Å². The van der Waals surface area contributed by atoms with Crippen molar-refractivity contribution in [3.8, 4) is 11.8 Å². The van der Waals surface area contributed by atoms with Crippen LogP contribution in [0.15, 0.2) is 48.5 Å². The van der Waals surface area contributed by atoms with Crippen LogP contribution in [0, 0.1) is 17.8 Å². The normalized spacial score (nSPS) is 18.0. The van der Waals surface area contributed by atoms with Crippen molar-refractivity contribution in [2.45, 2.75) is 19.3 Å². The number of hydrogen-bond donors (Lipinski definition) is 0. The van der Waals surface area contributed by atoms with Crippen LogP contribution in [0.3, 0.4) is 0 Å². The Balaban J connectivity index is 1.55. The molecule has 0 saturated carbocycles. The minimum absolute atomic E-state index is 0.632. The zero-order valence-electron chi connectivity index (χ0n) is 13.6. The van der Waals surface area contributed by atoms with Crippen LogP contribution in [0.1, 0.15) is 24.0 Å². The molecule has 1 heterocycles. The fourth-order valence-electron chi connectivity index (χ4n) is 3.29. The van der Waals surface area contributed by atoms with E-state index < -0.39 is 0 Å². The van der Waals surface area contributed by atoms with Gasteiger partial charge >= 0.3 is 0 Å². The summed E-state index contributed by atoms with van der Waals surface area (Å²) in [4.78, 5) is 2.45. The maximum Gasteiger partial charge on any atom is 0.0605 e. The van der Waals surface area contributed by atoms with Gasteiger partial charge in [-0.2, -0.15) is 0 Å². The van der Waals surface area contributed by atoms with Crippen molar-refractivity contribution in [1.29, 1.82) is 0 Å². The van der Waals surface area contributed by atoms with Crippen LogP contribution in [0.2, 0.25) is 10.0 Å². The van der Waals surface area contributed by atoms with Gasteiger partial charge in [-0.3, -0.25) is 4.90 Å². The molecule has 1 atom stereocenters. The van der Waals surface area contributed by atoms with Crippen LogP contribution in [0.4, 0.5) is 0 Å². The molecule has 3 heteroatoms. The van der Waals surface area contributed by atoms with Crippen LogP contribution < -0.4 is 0 Å². The summed E-state index contributed by atoms with van der Waals surface area (Å²) in [5, 5.41) is 1.26. The van der Waals surface area contributed by atoms with Gasteiger partial charge in [-0.1, -0.05) is 65.4 Å². The lowest BCUT2D eigenvalue weighted by atomic mass is 9.91. The maximum atomic E-state index is 6.01. The van der Waals surface area contributed by atoms with E-state index in [2.05, 4.69) is 47.1 Å². The Hall–Kier alpha value is -1.46. The molecule has 1 fully saturated rings. The second kappa shape index (κ2) is 8.58. The summed E-state index contributed by atoms with van der Waals surface area (Å²) in [6.07, 6.45) is 3.72. The van der Waals surface area contributed by atoms with Gasteiger partial charge in [0, 0.05) is 22.2 Å². The van der Waals surface area contributed by atoms with Crippen LogP contribution in [-0.2, 0) is 6.42 Å². The van der Waals surface area contributed by atoms with Gasteiger partial charge in [0.25, 0.3) is 0 Å². The molecule has 1 aliphatic rings. The predicted octanol–water partition coefficient (Wildman–Crippen LogP) is 5.30. The zero-order chi connectivity index (χ0) is 16.8. The smallest absolute Gasteiger partial charge is 0.0605 e. The van der Waals surface area contributed by atoms with E-state index in [0.717, 1.165) is 37.5 Å². The number of halogens is 2. The van der Waals surface area contributed by atoms with Crippen molar-refractivity contribution >= 4 is 23.2 Å². The summed E-state index contributed by atoms with van der Waals surface area (Å²) >= 11 is 12.0. The van der Waals surface area contributed by atoms with Gasteiger partial charge in [0.1, 0.15) is 0 Å². The first-order valence-electron chi connectivity index (χ1n) is 8.40. The molecule has 0 aliphatic carbocycles. The molecule has 0 N–H and O–H groups in total. The summed E-state index contributed by atoms with van der Waals surface area (Å²) in [6.45, 7) is 3.06. The van der Waals surface area contributed by atoms with E-state index in [1.54, 1.807) is 6.07 Å². The van der Waals surface area contributed by atoms with Crippen LogP contribution in [0.5, 0.6) is 0 Å². The summed E-state index contributed by atoms with van der Waals surface area (Å²) in [7, 11) is 0. The van der Waals surface area contributed by atoms with Crippen molar-refractivity contribution in [3.05, 3.63) is 69.7 Å². The first kappa shape index (κ1) is 17.4. The Morgan fingerprint density at radius 3 is 2.54 bits per heavy atom. The Kier molecular flexibility index (Phi) is 6.21. The highest BCUT2D eigenvalue weighted by molar-refractivity contribution is 6.34. The van der Waals surface area contributed by atoms with Crippen LogP contribution >= 0.6 is 23.2 Å². The summed E-state index contributed by atoms with van der Waals surface area (Å²) in [5.41, 5.74) is 2.31. The quantitative estimate of drug-likeness (QED) is 0.673. The molecular weight excluding hydrogens is 337 g/mol. The Morgan fingerprint density at radius 2 is 1.79 bits per heavy atom. The molecule has 0 amide bonds. The minimum Gasteiger partial charge on any atom is -0.292 e. The fourth-order valence-corrected chi connectivity index (χ4v) is 3.81. The lowest BCUT2D eigenvalue weighted by molar-refractivity contribution is 0.193. The Bertz CT molecular complexity index is 710. The van der Waals surface area contributed by atoms with Gasteiger partial charge in [-0.25, -0.2) is 0 Å². The molecule has 2 aromatic carbocycles. The summed E-state index contributed by atoms with van der Waals surface area (Å²) in [5.74, 6) is 7.17. The molecular formula is C21H21Cl2N. The predicted molar refractivity (Wildman–Crippen MR) is 103 cm³/mol. The second-order valence-electron chi connectivity index (χ2n) is 6.39. The summed E-state index contributed by atoms with van der Waals surface area (Å²) < 4.78 is 0. The van der Waals surface area contributed by atoms with Gasteiger partial charge in [-0.05, 0) is 55.5 Å². The SMILES string of the molecule is Clc1cc(Cl)cc(C#CCN2CCCC(Cc3ccccc3)C2)c1. The van der Waals surface area contributed by atoms with Crippen LogP contribution in [0.25, 0.3) is 0 Å². The van der Waals surface area contributed by atoms with Crippen molar-refractivity contribution < 1.29 is 0 Å². The molecule has 124 valence electrons. The fraction of sp³-hybridized carbons (Fsp3) is 0.333. The lowest BCUT2D eigenvalue weighted by Gasteiger charge is -2.31. The van der Waals surface area contributed by atoms with Crippen molar-refractivity contribution in [1.82, 2.24) is 4.90 Å². The average Bonchev–Trinajstić information content (AvgIpc) is 2.55. The summed E-state index contributed by atoms with van der Waals surface area (Å²) in [6, 6.07) is 16.2. The van der Waals surface area contributed by atoms with Gasteiger partial charge in [-0.15, -0.1) is 0 Å². The van der Waals surface area contributed by atoms with E-state index in [4.69, 9.17) is 23.2 Å². The maximum absolute atomic E-state index is 6.01. The standard InChI is InChI=1S/C21H21Cl2N/c22-20-13-18(14-21(23)15-20)8-4-10-24-11-5-9-19(16-24)12-17-6-2-1-3-7-17/h1-3,6-7,13-15,19H,5,9-12,16H2. The molecule has 3 rings (SSSR count). The highest BCUT2D eigenvalue weighted by atomic mass is 35.5. The minimum atomic E-state index is 0.632. The molecule has 2 aromatic rings. The van der Waals surface area contributed by atoms with Crippen molar-refractivity contribution in [2.24, 2.45) is 5.92 Å². The van der Waals surface area contributed by atoms with Gasteiger partial charge in [0.05, 0.1) is 6.54 Å². The third kappa shape index (κ3) is 5.28. The van der Waals surface area contributed by atoms with E-state index >= 15 is 0 Å². The van der Waals surface area contributed by atoms with Crippen molar-refractivity contribution in [2.75, 3.05) is 19.6 Å². The van der Waals surface area contributed by atoms with Gasteiger partial charge in [0.2, 0.25) is 0 Å². The van der Waals surface area contributed by atoms with E-state index in [-0.39, 0.29) is 0 Å². The largest absolute Gasteiger partial charge is 0.292 e. The first-order valence-corrected chi connectivity index (χ1v) is 9.16. The molecule has 24 heavy (non-hydrogen) atoms. The number of hydrogen-bond acceptors (Lipinski definition) is 1. The molecule has 1 nitrogen and oxygen atoms in total. The molecule has 0 aromatic heterocycles. The number of benzene rings is 2. The van der Waals surface area contributed by atoms with E-state index in [1.807, 2.05) is 12.1 Å². The Morgan fingerprint density at radius 1 is 1.04 bits per heavy atom. The number of likely N-dealkylation sites (tertiary alicyclic amines) is 1. The number of piperidine rings is 1. The third-order valence-corrected chi connectivity index (χ3v) is 4.80. The molecule has 1 aliphatic heterocycles. The van der Waals surface area contributed by atoms with E-state index in [0.29, 0.717) is 10.0 Å². The number of rotatable bonds is 3. The highest BCUT2D eigenvalue weighted by Gasteiger charge is 2.19. The van der Waals surface area contributed by atoms with Crippen molar-refractivity contribution in [3.63, 3.8) is 0 Å². The molecule has 1 saturated heterocycles.